The van der Waals surface area contributed by atoms with E-state index in [0.29, 0.717) is 37.4 Å². The van der Waals surface area contributed by atoms with E-state index in [0.717, 1.165) is 12.1 Å². The Balaban J connectivity index is 1.78. The number of carbonyl (C=O) groups is 1. The van der Waals surface area contributed by atoms with Crippen LogP contribution in [0.3, 0.4) is 0 Å². The minimum atomic E-state index is -0.978. The van der Waals surface area contributed by atoms with Crippen molar-refractivity contribution < 1.29 is 18.7 Å². The molecule has 4 N–H and O–H groups in total. The molecule has 0 spiro atoms. The van der Waals surface area contributed by atoms with Crippen LogP contribution in [-0.4, -0.2) is 34.1 Å². The maximum absolute atomic E-state index is 13.3. The molecule has 0 amide bonds. The lowest BCUT2D eigenvalue weighted by Gasteiger charge is -2.31. The van der Waals surface area contributed by atoms with Crippen molar-refractivity contribution in [3.8, 4) is 0 Å². The summed E-state index contributed by atoms with van der Waals surface area (Å²) in [6, 6.07) is 3.39. The first-order chi connectivity index (χ1) is 12.0. The molecule has 0 radical (unpaired) electrons. The van der Waals surface area contributed by atoms with Gasteiger partial charge in [0.15, 0.2) is 23.3 Å². The van der Waals surface area contributed by atoms with Crippen molar-refractivity contribution in [2.24, 2.45) is 5.92 Å². The Hall–Kier alpha value is -2.97. The average molecular weight is 349 g/mol. The first kappa shape index (κ1) is 16.9. The second kappa shape index (κ2) is 6.88. The molecular weight excluding hydrogens is 332 g/mol. The van der Waals surface area contributed by atoms with Crippen LogP contribution in [0.25, 0.3) is 0 Å². The van der Waals surface area contributed by atoms with Gasteiger partial charge in [-0.1, -0.05) is 0 Å². The number of nitrogens with two attached hydrogens (primary N) is 1. The van der Waals surface area contributed by atoms with Gasteiger partial charge in [0.2, 0.25) is 0 Å². The van der Waals surface area contributed by atoms with Crippen LogP contribution in [0, 0.1) is 17.6 Å². The lowest BCUT2D eigenvalue weighted by Crippen LogP contribution is -2.37. The van der Waals surface area contributed by atoms with E-state index < -0.39 is 17.6 Å². The molecule has 1 aromatic heterocycles. The van der Waals surface area contributed by atoms with Gasteiger partial charge >= 0.3 is 5.97 Å². The summed E-state index contributed by atoms with van der Waals surface area (Å²) in [5.41, 5.74) is 6.68. The minimum Gasteiger partial charge on any atom is -0.481 e. The summed E-state index contributed by atoms with van der Waals surface area (Å²) < 4.78 is 26.3. The Kier molecular flexibility index (Phi) is 4.64. The van der Waals surface area contributed by atoms with E-state index in [1.807, 2.05) is 4.90 Å². The molecule has 1 saturated heterocycles. The van der Waals surface area contributed by atoms with Gasteiger partial charge in [-0.2, -0.15) is 0 Å². The first-order valence-corrected chi connectivity index (χ1v) is 7.76. The maximum atomic E-state index is 13.3. The minimum absolute atomic E-state index is 0.265. The van der Waals surface area contributed by atoms with E-state index >= 15 is 0 Å². The molecule has 1 aliphatic heterocycles. The van der Waals surface area contributed by atoms with E-state index in [-0.39, 0.29) is 17.4 Å². The van der Waals surface area contributed by atoms with Crippen LogP contribution >= 0.6 is 0 Å². The Morgan fingerprint density at radius 1 is 1.24 bits per heavy atom. The molecule has 9 heteroatoms. The van der Waals surface area contributed by atoms with Crippen LogP contribution in [-0.2, 0) is 4.79 Å². The number of nitrogens with zero attached hydrogens (tertiary/aromatic N) is 3. The second-order valence-corrected chi connectivity index (χ2v) is 5.81. The largest absolute Gasteiger partial charge is 0.481 e. The average Bonchev–Trinajstić information content (AvgIpc) is 2.60. The van der Waals surface area contributed by atoms with Crippen molar-refractivity contribution in [1.82, 2.24) is 9.97 Å². The van der Waals surface area contributed by atoms with Gasteiger partial charge in [0.25, 0.3) is 0 Å². The lowest BCUT2D eigenvalue weighted by atomic mass is 9.97. The van der Waals surface area contributed by atoms with E-state index in [9.17, 15) is 13.6 Å². The number of aromatic nitrogens is 2. The fourth-order valence-electron chi connectivity index (χ4n) is 2.79. The van der Waals surface area contributed by atoms with E-state index in [1.165, 1.54) is 12.4 Å². The SMILES string of the molecule is Nc1c(Nc2ccc(F)c(F)c2)ncnc1N1CCC(C(=O)O)CC1. The van der Waals surface area contributed by atoms with Crippen molar-refractivity contribution in [3.05, 3.63) is 36.2 Å². The van der Waals surface area contributed by atoms with Gasteiger partial charge in [-0.25, -0.2) is 18.7 Å². The molecule has 0 unspecified atom stereocenters. The highest BCUT2D eigenvalue weighted by atomic mass is 19.2. The number of hydrogen-bond donors (Lipinski definition) is 3. The molecule has 132 valence electrons. The smallest absolute Gasteiger partial charge is 0.306 e. The van der Waals surface area contributed by atoms with Gasteiger partial charge in [-0.15, -0.1) is 0 Å². The van der Waals surface area contributed by atoms with Gasteiger partial charge in [0.1, 0.15) is 12.0 Å². The monoisotopic (exact) mass is 349 g/mol. The summed E-state index contributed by atoms with van der Waals surface area (Å²) in [4.78, 5) is 21.1. The number of carboxylic acid groups (broad SMARTS) is 1. The van der Waals surface area contributed by atoms with Crippen LogP contribution < -0.4 is 16.0 Å². The van der Waals surface area contributed by atoms with Gasteiger partial charge in [0.05, 0.1) is 5.92 Å². The number of aliphatic carboxylic acids is 1. The van der Waals surface area contributed by atoms with E-state index in [2.05, 4.69) is 15.3 Å². The lowest BCUT2D eigenvalue weighted by molar-refractivity contribution is -0.142. The normalized spacial score (nSPS) is 15.2. The van der Waals surface area contributed by atoms with Gasteiger partial charge in [0, 0.05) is 24.8 Å². The van der Waals surface area contributed by atoms with Gasteiger partial charge in [-0.3, -0.25) is 4.79 Å². The van der Waals surface area contributed by atoms with Crippen LogP contribution in [0.2, 0.25) is 0 Å². The molecule has 0 aliphatic carbocycles. The number of hydrogen-bond acceptors (Lipinski definition) is 6. The fraction of sp³-hybridized carbons (Fsp3) is 0.312. The number of nitrogen functional groups attached to an aromatic ring is 1. The zero-order valence-electron chi connectivity index (χ0n) is 13.2. The van der Waals surface area contributed by atoms with E-state index in [4.69, 9.17) is 10.8 Å². The number of nitrogens with one attached hydrogen (secondary N) is 1. The van der Waals surface area contributed by atoms with Gasteiger partial charge in [-0.05, 0) is 25.0 Å². The quantitative estimate of drug-likeness (QED) is 0.778. The Morgan fingerprint density at radius 3 is 2.60 bits per heavy atom. The van der Waals surface area contributed by atoms with Crippen LogP contribution in [0.1, 0.15) is 12.8 Å². The highest BCUT2D eigenvalue weighted by Crippen LogP contribution is 2.31. The van der Waals surface area contributed by atoms with Crippen molar-refractivity contribution in [1.29, 1.82) is 0 Å². The number of carboxylic acids is 1. The van der Waals surface area contributed by atoms with Crippen molar-refractivity contribution in [2.45, 2.75) is 12.8 Å². The predicted octanol–water partition coefficient (Wildman–Crippen LogP) is 2.38. The predicted molar refractivity (Wildman–Crippen MR) is 88.7 cm³/mol. The van der Waals surface area contributed by atoms with Crippen LogP contribution in [0.4, 0.5) is 31.8 Å². The topological polar surface area (TPSA) is 104 Å². The molecule has 0 atom stereocenters. The molecule has 0 bridgehead atoms. The molecule has 25 heavy (non-hydrogen) atoms. The summed E-state index contributed by atoms with van der Waals surface area (Å²) in [6.07, 6.45) is 2.33. The van der Waals surface area contributed by atoms with Crippen molar-refractivity contribution >= 4 is 29.0 Å². The zero-order chi connectivity index (χ0) is 18.0. The summed E-state index contributed by atoms with van der Waals surface area (Å²) >= 11 is 0. The number of anilines is 4. The molecule has 1 aromatic carbocycles. The summed E-state index contributed by atoms with van der Waals surface area (Å²) in [5, 5.41) is 11.9. The second-order valence-electron chi connectivity index (χ2n) is 5.81. The number of piperidine rings is 1. The molecule has 1 fully saturated rings. The highest BCUT2D eigenvalue weighted by molar-refractivity contribution is 5.78. The number of halogens is 2. The maximum Gasteiger partial charge on any atom is 0.306 e. The highest BCUT2D eigenvalue weighted by Gasteiger charge is 2.26. The molecule has 0 saturated carbocycles. The molecule has 1 aliphatic rings. The van der Waals surface area contributed by atoms with Crippen LogP contribution in [0.5, 0.6) is 0 Å². The molecule has 2 heterocycles. The third kappa shape index (κ3) is 3.59. The van der Waals surface area contributed by atoms with Crippen molar-refractivity contribution in [2.75, 3.05) is 29.0 Å². The molecule has 3 rings (SSSR count). The Labute approximate surface area is 142 Å². The first-order valence-electron chi connectivity index (χ1n) is 7.76. The standard InChI is InChI=1S/C16H17F2N5O2/c17-11-2-1-10(7-12(11)18)22-14-13(19)15(21-8-20-14)23-5-3-9(4-6-23)16(24)25/h1-2,7-9H,3-6,19H2,(H,24,25)(H,20,21,22). The Bertz CT molecular complexity index is 794. The zero-order valence-corrected chi connectivity index (χ0v) is 13.2. The molecule has 7 nitrogen and oxygen atoms in total. The third-order valence-electron chi connectivity index (χ3n) is 4.19. The van der Waals surface area contributed by atoms with Crippen molar-refractivity contribution in [3.63, 3.8) is 0 Å². The summed E-state index contributed by atoms with van der Waals surface area (Å²) in [7, 11) is 0. The third-order valence-corrected chi connectivity index (χ3v) is 4.19. The Morgan fingerprint density at radius 2 is 1.96 bits per heavy atom. The summed E-state index contributed by atoms with van der Waals surface area (Å²) in [5.74, 6) is -2.31. The number of benzene rings is 1. The molecule has 2 aromatic rings. The fourth-order valence-corrected chi connectivity index (χ4v) is 2.79. The van der Waals surface area contributed by atoms with Crippen LogP contribution in [0.15, 0.2) is 24.5 Å². The van der Waals surface area contributed by atoms with Gasteiger partial charge < -0.3 is 21.1 Å². The number of rotatable bonds is 4. The molecular formula is C16H17F2N5O2. The van der Waals surface area contributed by atoms with E-state index in [1.54, 1.807) is 0 Å². The summed E-state index contributed by atoms with van der Waals surface area (Å²) in [6.45, 7) is 1.03.